The Bertz CT molecular complexity index is 666. The quantitative estimate of drug-likeness (QED) is 0.807. The fourth-order valence-corrected chi connectivity index (χ4v) is 3.33. The van der Waals surface area contributed by atoms with Gasteiger partial charge in [0.15, 0.2) is 11.0 Å². The maximum absolute atomic E-state index is 6.32. The summed E-state index contributed by atoms with van der Waals surface area (Å²) in [6, 6.07) is 0.170. The summed E-state index contributed by atoms with van der Waals surface area (Å²) < 4.78 is 5.50. The molecular formula is C17H26ClN5O. The van der Waals surface area contributed by atoms with Crippen molar-refractivity contribution >= 4 is 11.6 Å². The second kappa shape index (κ2) is 7.66. The number of unbranched alkanes of at least 4 members (excludes halogenated alkanes) is 1. The molecule has 0 saturated carbocycles. The van der Waals surface area contributed by atoms with Crippen LogP contribution in [-0.4, -0.2) is 31.6 Å². The first-order valence-corrected chi connectivity index (χ1v) is 9.27. The van der Waals surface area contributed by atoms with E-state index >= 15 is 0 Å². The number of aromatic nitrogens is 4. The molecule has 1 saturated heterocycles. The van der Waals surface area contributed by atoms with Crippen molar-refractivity contribution in [1.82, 2.24) is 25.0 Å². The van der Waals surface area contributed by atoms with Gasteiger partial charge in [0.2, 0.25) is 5.89 Å². The Labute approximate surface area is 148 Å². The summed E-state index contributed by atoms with van der Waals surface area (Å²) in [5.41, 5.74) is 0.985. The summed E-state index contributed by atoms with van der Waals surface area (Å²) in [5.74, 6) is 2.75. The third-order valence-corrected chi connectivity index (χ3v) is 4.84. The molecule has 2 aromatic rings. The standard InChI is InChI=1S/C17H26ClN5O/c1-4-5-8-14-19-12(15(18)20-14)10-23-9-6-7-13(23)17-21-16(11(2)3)22-24-17/h11,13H,4-10H2,1-3H3,(H,19,20)/t13-/m1/s1. The second-order valence-corrected chi connectivity index (χ2v) is 7.19. The highest BCUT2D eigenvalue weighted by molar-refractivity contribution is 6.30. The molecule has 2 aromatic heterocycles. The van der Waals surface area contributed by atoms with Gasteiger partial charge >= 0.3 is 0 Å². The summed E-state index contributed by atoms with van der Waals surface area (Å²) in [7, 11) is 0. The van der Waals surface area contributed by atoms with Crippen LogP contribution in [-0.2, 0) is 13.0 Å². The number of imidazole rings is 1. The van der Waals surface area contributed by atoms with Gasteiger partial charge in [-0.05, 0) is 25.8 Å². The van der Waals surface area contributed by atoms with Gasteiger partial charge in [-0.3, -0.25) is 4.90 Å². The minimum absolute atomic E-state index is 0.170. The van der Waals surface area contributed by atoms with E-state index in [0.29, 0.717) is 5.15 Å². The minimum atomic E-state index is 0.170. The average Bonchev–Trinajstić information content (AvgIpc) is 3.26. The lowest BCUT2D eigenvalue weighted by Crippen LogP contribution is -2.23. The Morgan fingerprint density at radius 3 is 2.92 bits per heavy atom. The number of aromatic amines is 1. The van der Waals surface area contributed by atoms with E-state index in [2.05, 4.69) is 45.8 Å². The minimum Gasteiger partial charge on any atom is -0.344 e. The third kappa shape index (κ3) is 3.81. The number of hydrogen-bond acceptors (Lipinski definition) is 5. The Morgan fingerprint density at radius 1 is 1.38 bits per heavy atom. The first-order valence-electron chi connectivity index (χ1n) is 8.89. The van der Waals surface area contributed by atoms with Gasteiger partial charge in [-0.2, -0.15) is 4.98 Å². The van der Waals surface area contributed by atoms with Crippen LogP contribution in [0.2, 0.25) is 5.15 Å². The first-order chi connectivity index (χ1) is 11.6. The van der Waals surface area contributed by atoms with Crippen LogP contribution < -0.4 is 0 Å². The zero-order valence-electron chi connectivity index (χ0n) is 14.7. The molecule has 6 nitrogen and oxygen atoms in total. The Kier molecular flexibility index (Phi) is 5.56. The molecule has 0 bridgehead atoms. The molecule has 1 N–H and O–H groups in total. The lowest BCUT2D eigenvalue weighted by Gasteiger charge is -2.20. The number of aryl methyl sites for hydroxylation is 1. The summed E-state index contributed by atoms with van der Waals surface area (Å²) in [6.07, 6.45) is 5.38. The van der Waals surface area contributed by atoms with Crippen LogP contribution in [0.1, 0.15) is 81.6 Å². The van der Waals surface area contributed by atoms with Crippen molar-refractivity contribution in [2.24, 2.45) is 0 Å². The van der Waals surface area contributed by atoms with E-state index in [9.17, 15) is 0 Å². The predicted molar refractivity (Wildman–Crippen MR) is 93.0 cm³/mol. The van der Waals surface area contributed by atoms with Crippen LogP contribution in [0.15, 0.2) is 4.52 Å². The zero-order valence-corrected chi connectivity index (χ0v) is 15.4. The topological polar surface area (TPSA) is 70.8 Å². The monoisotopic (exact) mass is 351 g/mol. The van der Waals surface area contributed by atoms with E-state index in [-0.39, 0.29) is 12.0 Å². The highest BCUT2D eigenvalue weighted by Crippen LogP contribution is 2.33. The van der Waals surface area contributed by atoms with E-state index in [1.807, 2.05) is 0 Å². The highest BCUT2D eigenvalue weighted by Gasteiger charge is 2.31. The van der Waals surface area contributed by atoms with Gasteiger partial charge in [-0.15, -0.1) is 0 Å². The van der Waals surface area contributed by atoms with Crippen LogP contribution in [0.5, 0.6) is 0 Å². The third-order valence-electron chi connectivity index (χ3n) is 4.53. The average molecular weight is 352 g/mol. The molecule has 0 aromatic carbocycles. The van der Waals surface area contributed by atoms with Crippen molar-refractivity contribution in [3.8, 4) is 0 Å². The van der Waals surface area contributed by atoms with Gasteiger partial charge in [0.1, 0.15) is 5.82 Å². The molecule has 24 heavy (non-hydrogen) atoms. The normalized spacial score (nSPS) is 18.8. The van der Waals surface area contributed by atoms with E-state index in [1.54, 1.807) is 0 Å². The molecule has 1 aliphatic heterocycles. The summed E-state index contributed by atoms with van der Waals surface area (Å²) in [6.45, 7) is 8.06. The van der Waals surface area contributed by atoms with Crippen molar-refractivity contribution < 1.29 is 4.52 Å². The van der Waals surface area contributed by atoms with Crippen LogP contribution in [0.4, 0.5) is 0 Å². The van der Waals surface area contributed by atoms with Crippen molar-refractivity contribution in [3.63, 3.8) is 0 Å². The molecule has 0 aliphatic carbocycles. The SMILES string of the molecule is CCCCc1nc(Cl)c(CN2CCC[C@@H]2c2nc(C(C)C)no2)[nH]1. The number of H-pyrrole nitrogens is 1. The maximum atomic E-state index is 6.32. The van der Waals surface area contributed by atoms with Crippen LogP contribution in [0, 0.1) is 0 Å². The number of likely N-dealkylation sites (tertiary alicyclic amines) is 1. The molecule has 0 spiro atoms. The lowest BCUT2D eigenvalue weighted by atomic mass is 10.2. The largest absolute Gasteiger partial charge is 0.344 e. The smallest absolute Gasteiger partial charge is 0.244 e. The Balaban J connectivity index is 1.70. The number of hydrogen-bond donors (Lipinski definition) is 1. The van der Waals surface area contributed by atoms with E-state index < -0.39 is 0 Å². The fourth-order valence-electron chi connectivity index (χ4n) is 3.12. The fraction of sp³-hybridized carbons (Fsp3) is 0.706. The van der Waals surface area contributed by atoms with Gasteiger partial charge in [-0.25, -0.2) is 4.98 Å². The number of nitrogens with zero attached hydrogens (tertiary/aromatic N) is 4. The second-order valence-electron chi connectivity index (χ2n) is 6.83. The van der Waals surface area contributed by atoms with Gasteiger partial charge < -0.3 is 9.51 Å². The number of nitrogens with one attached hydrogen (secondary N) is 1. The molecule has 3 rings (SSSR count). The van der Waals surface area contributed by atoms with E-state index in [4.69, 9.17) is 16.1 Å². The molecule has 3 heterocycles. The first kappa shape index (κ1) is 17.4. The molecule has 7 heteroatoms. The zero-order chi connectivity index (χ0) is 17.1. The van der Waals surface area contributed by atoms with Crippen molar-refractivity contribution in [3.05, 3.63) is 28.4 Å². The molecule has 0 unspecified atom stereocenters. The van der Waals surface area contributed by atoms with Crippen LogP contribution >= 0.6 is 11.6 Å². The van der Waals surface area contributed by atoms with Gasteiger partial charge in [0.25, 0.3) is 0 Å². The van der Waals surface area contributed by atoms with Gasteiger partial charge in [0, 0.05) is 18.9 Å². The molecular weight excluding hydrogens is 326 g/mol. The summed E-state index contributed by atoms with van der Waals surface area (Å²) >= 11 is 6.32. The van der Waals surface area contributed by atoms with Gasteiger partial charge in [-0.1, -0.05) is 43.9 Å². The molecule has 0 amide bonds. The van der Waals surface area contributed by atoms with Gasteiger partial charge in [0.05, 0.1) is 11.7 Å². The number of rotatable bonds is 7. The molecule has 1 fully saturated rings. The summed E-state index contributed by atoms with van der Waals surface area (Å²) in [5, 5.41) is 4.68. The molecule has 1 aliphatic rings. The predicted octanol–water partition coefficient (Wildman–Crippen LogP) is 4.25. The highest BCUT2D eigenvalue weighted by atomic mass is 35.5. The van der Waals surface area contributed by atoms with E-state index in [1.165, 1.54) is 0 Å². The summed E-state index contributed by atoms with van der Waals surface area (Å²) in [4.78, 5) is 14.8. The maximum Gasteiger partial charge on any atom is 0.244 e. The van der Waals surface area contributed by atoms with Crippen molar-refractivity contribution in [1.29, 1.82) is 0 Å². The van der Waals surface area contributed by atoms with Crippen molar-refractivity contribution in [2.75, 3.05) is 6.54 Å². The lowest BCUT2D eigenvalue weighted by molar-refractivity contribution is 0.199. The number of halogens is 1. The Morgan fingerprint density at radius 2 is 2.21 bits per heavy atom. The van der Waals surface area contributed by atoms with Crippen molar-refractivity contribution in [2.45, 2.75) is 71.4 Å². The molecule has 0 radical (unpaired) electrons. The van der Waals surface area contributed by atoms with Crippen LogP contribution in [0.25, 0.3) is 0 Å². The van der Waals surface area contributed by atoms with Crippen LogP contribution in [0.3, 0.4) is 0 Å². The molecule has 132 valence electrons. The molecule has 1 atom stereocenters. The van der Waals surface area contributed by atoms with E-state index in [0.717, 1.165) is 68.4 Å². The Hall–Kier alpha value is -1.40.